The zero-order valence-electron chi connectivity index (χ0n) is 11.8. The smallest absolute Gasteiger partial charge is 0.122 e. The van der Waals surface area contributed by atoms with Crippen molar-refractivity contribution in [3.8, 4) is 5.75 Å². The Labute approximate surface area is 154 Å². The molecule has 0 aliphatic rings. The van der Waals surface area contributed by atoms with Gasteiger partial charge in [0, 0.05) is 10.5 Å². The molecule has 2 nitrogen and oxygen atoms in total. The van der Waals surface area contributed by atoms with Crippen molar-refractivity contribution in [1.29, 1.82) is 0 Å². The first kappa shape index (κ1) is 17.5. The van der Waals surface area contributed by atoms with Crippen LogP contribution in [0.2, 0.25) is 0 Å². The summed E-state index contributed by atoms with van der Waals surface area (Å²) in [6.45, 7) is 3.04. The number of rotatable bonds is 6. The summed E-state index contributed by atoms with van der Waals surface area (Å²) in [6, 6.07) is 8.54. The van der Waals surface area contributed by atoms with E-state index in [9.17, 15) is 0 Å². The minimum Gasteiger partial charge on any atom is -0.496 e. The van der Waals surface area contributed by atoms with E-state index in [0.717, 1.165) is 30.8 Å². The van der Waals surface area contributed by atoms with E-state index in [1.165, 1.54) is 11.1 Å². The van der Waals surface area contributed by atoms with Crippen molar-refractivity contribution in [2.45, 2.75) is 19.4 Å². The fourth-order valence-electron chi connectivity index (χ4n) is 2.26. The molecule has 6 heteroatoms. The molecule has 21 heavy (non-hydrogen) atoms. The minimum absolute atomic E-state index is 0.245. The number of thiophene rings is 1. The van der Waals surface area contributed by atoms with Crippen LogP contribution in [0.4, 0.5) is 0 Å². The van der Waals surface area contributed by atoms with Crippen LogP contribution in [0.1, 0.15) is 24.1 Å². The maximum atomic E-state index is 5.48. The molecular formula is C15H16Br3NOS. The molecule has 2 rings (SSSR count). The quantitative estimate of drug-likeness (QED) is 0.533. The third-order valence-electron chi connectivity index (χ3n) is 3.18. The number of likely N-dealkylation sites (N-methyl/N-ethyl adjacent to an activating group) is 1. The number of benzene rings is 1. The topological polar surface area (TPSA) is 21.3 Å². The van der Waals surface area contributed by atoms with Gasteiger partial charge >= 0.3 is 0 Å². The molecule has 0 aliphatic carbocycles. The maximum absolute atomic E-state index is 5.48. The molecule has 2 aromatic rings. The standard InChI is InChI=1S/C15H16Br3NOS/c1-3-19-12(11-8-14(17)21-15(11)18)7-9-6-10(16)4-5-13(9)20-2/h4-6,8,12,19H,3,7H2,1-2H3. The highest BCUT2D eigenvalue weighted by Gasteiger charge is 2.19. The van der Waals surface area contributed by atoms with Crippen molar-refractivity contribution in [3.63, 3.8) is 0 Å². The molecule has 0 aliphatic heterocycles. The second-order valence-corrected chi connectivity index (χ2v) is 9.22. The Morgan fingerprint density at radius 3 is 2.57 bits per heavy atom. The van der Waals surface area contributed by atoms with Gasteiger partial charge in [-0.1, -0.05) is 22.9 Å². The summed E-state index contributed by atoms with van der Waals surface area (Å²) in [4.78, 5) is 0. The summed E-state index contributed by atoms with van der Waals surface area (Å²) < 4.78 is 8.85. The zero-order chi connectivity index (χ0) is 15.4. The van der Waals surface area contributed by atoms with Crippen LogP contribution in [0.3, 0.4) is 0 Å². The molecule has 114 valence electrons. The van der Waals surface area contributed by atoms with Crippen molar-refractivity contribution in [1.82, 2.24) is 5.32 Å². The van der Waals surface area contributed by atoms with Crippen molar-refractivity contribution in [2.24, 2.45) is 0 Å². The van der Waals surface area contributed by atoms with Crippen LogP contribution < -0.4 is 10.1 Å². The van der Waals surface area contributed by atoms with Crippen LogP contribution in [-0.2, 0) is 6.42 Å². The molecule has 0 fully saturated rings. The zero-order valence-corrected chi connectivity index (χ0v) is 17.3. The molecule has 0 radical (unpaired) electrons. The lowest BCUT2D eigenvalue weighted by atomic mass is 10.0. The van der Waals surface area contributed by atoms with Gasteiger partial charge in [-0.25, -0.2) is 0 Å². The third kappa shape index (κ3) is 4.55. The SMILES string of the molecule is CCNC(Cc1cc(Br)ccc1OC)c1cc(Br)sc1Br. The van der Waals surface area contributed by atoms with Crippen LogP contribution in [-0.4, -0.2) is 13.7 Å². The van der Waals surface area contributed by atoms with Crippen LogP contribution in [0, 0.1) is 0 Å². The Morgan fingerprint density at radius 1 is 1.24 bits per heavy atom. The second-order valence-electron chi connectivity index (χ2n) is 4.55. The molecule has 0 spiro atoms. The Morgan fingerprint density at radius 2 is 2.00 bits per heavy atom. The van der Waals surface area contributed by atoms with Gasteiger partial charge in [-0.05, 0) is 80.2 Å². The molecular weight excluding hydrogens is 482 g/mol. The fraction of sp³-hybridized carbons (Fsp3) is 0.333. The van der Waals surface area contributed by atoms with Gasteiger partial charge in [0.2, 0.25) is 0 Å². The number of nitrogens with one attached hydrogen (secondary N) is 1. The predicted octanol–water partition coefficient (Wildman–Crippen LogP) is 5.94. The van der Waals surface area contributed by atoms with E-state index in [4.69, 9.17) is 4.74 Å². The van der Waals surface area contributed by atoms with E-state index in [1.807, 2.05) is 12.1 Å². The summed E-state index contributed by atoms with van der Waals surface area (Å²) >= 11 is 12.5. The van der Waals surface area contributed by atoms with E-state index in [2.05, 4.69) is 72.2 Å². The van der Waals surface area contributed by atoms with E-state index in [-0.39, 0.29) is 6.04 Å². The van der Waals surface area contributed by atoms with E-state index < -0.39 is 0 Å². The van der Waals surface area contributed by atoms with Crippen LogP contribution in [0.25, 0.3) is 0 Å². The number of ether oxygens (including phenoxy) is 1. The lowest BCUT2D eigenvalue weighted by molar-refractivity contribution is 0.405. The number of halogens is 3. The highest BCUT2D eigenvalue weighted by molar-refractivity contribution is 9.12. The highest BCUT2D eigenvalue weighted by Crippen LogP contribution is 2.37. The Kier molecular flexibility index (Phi) is 6.75. The molecule has 0 bridgehead atoms. The van der Waals surface area contributed by atoms with E-state index in [1.54, 1.807) is 18.4 Å². The summed E-state index contributed by atoms with van der Waals surface area (Å²) in [5, 5.41) is 3.56. The third-order valence-corrected chi connectivity index (χ3v) is 6.05. The number of hydrogen-bond donors (Lipinski definition) is 1. The van der Waals surface area contributed by atoms with Gasteiger partial charge in [0.1, 0.15) is 5.75 Å². The van der Waals surface area contributed by atoms with Crippen molar-refractivity contribution >= 4 is 59.1 Å². The summed E-state index contributed by atoms with van der Waals surface area (Å²) in [5.74, 6) is 0.923. The largest absolute Gasteiger partial charge is 0.496 e. The lowest BCUT2D eigenvalue weighted by Crippen LogP contribution is -2.23. The fourth-order valence-corrected chi connectivity index (χ4v) is 5.64. The predicted molar refractivity (Wildman–Crippen MR) is 101 cm³/mol. The molecule has 1 heterocycles. The first-order valence-corrected chi connectivity index (χ1v) is 9.75. The summed E-state index contributed by atoms with van der Waals surface area (Å²) in [7, 11) is 1.71. The van der Waals surface area contributed by atoms with Crippen LogP contribution in [0.15, 0.2) is 36.3 Å². The van der Waals surface area contributed by atoms with Gasteiger partial charge in [-0.3, -0.25) is 0 Å². The lowest BCUT2D eigenvalue weighted by Gasteiger charge is -2.19. The van der Waals surface area contributed by atoms with E-state index >= 15 is 0 Å². The summed E-state index contributed by atoms with van der Waals surface area (Å²) in [5.41, 5.74) is 2.46. The van der Waals surface area contributed by atoms with Gasteiger partial charge in [-0.2, -0.15) is 0 Å². The van der Waals surface area contributed by atoms with Crippen LogP contribution in [0.5, 0.6) is 5.75 Å². The minimum atomic E-state index is 0.245. The Balaban J connectivity index is 2.32. The van der Waals surface area contributed by atoms with Gasteiger partial charge < -0.3 is 10.1 Å². The van der Waals surface area contributed by atoms with Gasteiger partial charge in [0.25, 0.3) is 0 Å². The van der Waals surface area contributed by atoms with Crippen LogP contribution >= 0.6 is 59.1 Å². The maximum Gasteiger partial charge on any atom is 0.122 e. The monoisotopic (exact) mass is 495 g/mol. The molecule has 0 amide bonds. The average Bonchev–Trinajstić information content (AvgIpc) is 2.77. The molecule has 1 aromatic carbocycles. The Hall–Kier alpha value is 0.120. The number of hydrogen-bond acceptors (Lipinski definition) is 3. The molecule has 0 saturated heterocycles. The van der Waals surface area contributed by atoms with Crippen molar-refractivity contribution < 1.29 is 4.74 Å². The molecule has 1 atom stereocenters. The molecule has 1 aromatic heterocycles. The molecule has 1 N–H and O–H groups in total. The van der Waals surface area contributed by atoms with Gasteiger partial charge in [0.15, 0.2) is 0 Å². The number of methoxy groups -OCH3 is 1. The van der Waals surface area contributed by atoms with E-state index in [0.29, 0.717) is 0 Å². The normalized spacial score (nSPS) is 12.4. The average molecular weight is 498 g/mol. The van der Waals surface area contributed by atoms with Crippen molar-refractivity contribution in [3.05, 3.63) is 47.4 Å². The van der Waals surface area contributed by atoms with Crippen molar-refractivity contribution in [2.75, 3.05) is 13.7 Å². The Bertz CT molecular complexity index is 615. The first-order chi connectivity index (χ1) is 10.0. The summed E-state index contributed by atoms with van der Waals surface area (Å²) in [6.07, 6.45) is 0.873. The molecule has 0 saturated carbocycles. The molecule has 1 unspecified atom stereocenters. The van der Waals surface area contributed by atoms with Gasteiger partial charge in [-0.15, -0.1) is 11.3 Å². The highest BCUT2D eigenvalue weighted by atomic mass is 79.9. The van der Waals surface area contributed by atoms with Gasteiger partial charge in [0.05, 0.1) is 14.7 Å². The first-order valence-electron chi connectivity index (χ1n) is 6.55. The second kappa shape index (κ2) is 8.11.